The highest BCUT2D eigenvalue weighted by Crippen LogP contribution is 2.21. The summed E-state index contributed by atoms with van der Waals surface area (Å²) in [5.41, 5.74) is 0.931. The summed E-state index contributed by atoms with van der Waals surface area (Å²) >= 11 is 0. The van der Waals surface area contributed by atoms with Crippen molar-refractivity contribution in [2.24, 2.45) is 0 Å². The average Bonchev–Trinajstić information content (AvgIpc) is 2.27. The van der Waals surface area contributed by atoms with Gasteiger partial charge in [0.25, 0.3) is 10.1 Å². The van der Waals surface area contributed by atoms with E-state index in [1.807, 2.05) is 37.3 Å². The molecule has 5 heteroatoms. The Bertz CT molecular complexity index is 385. The van der Waals surface area contributed by atoms with Crippen molar-refractivity contribution in [3.05, 3.63) is 35.9 Å². The average molecular weight is 230 g/mol. The Kier molecular flexibility index (Phi) is 4.26. The number of hydrogen-bond donors (Lipinski definition) is 1. The van der Waals surface area contributed by atoms with Crippen molar-refractivity contribution in [1.82, 2.24) is 0 Å². The van der Waals surface area contributed by atoms with Crippen LogP contribution in [0.2, 0.25) is 0 Å². The maximum atomic E-state index is 11.1. The van der Waals surface area contributed by atoms with E-state index in [1.54, 1.807) is 0 Å². The molecule has 84 valence electrons. The van der Waals surface area contributed by atoms with E-state index in [-0.39, 0.29) is 11.7 Å². The lowest BCUT2D eigenvalue weighted by Gasteiger charge is -2.13. The maximum Gasteiger partial charge on any atom is 0.293 e. The van der Waals surface area contributed by atoms with Gasteiger partial charge in [-0.2, -0.15) is 8.42 Å². The summed E-state index contributed by atoms with van der Waals surface area (Å²) in [7, 11) is -3.82. The molecule has 0 aliphatic heterocycles. The highest BCUT2D eigenvalue weighted by Gasteiger charge is 2.19. The standard InChI is InChI=1S/C10H14O4S/c1-2-9(8-15(12,13)14-11)10-6-4-3-5-7-10/h3-7,9,11H,2,8H2,1H3. The molecule has 0 saturated heterocycles. The van der Waals surface area contributed by atoms with Gasteiger partial charge >= 0.3 is 0 Å². The van der Waals surface area contributed by atoms with E-state index in [0.29, 0.717) is 6.42 Å². The van der Waals surface area contributed by atoms with Crippen molar-refractivity contribution in [1.29, 1.82) is 0 Å². The summed E-state index contributed by atoms with van der Waals surface area (Å²) in [6, 6.07) is 9.30. The summed E-state index contributed by atoms with van der Waals surface area (Å²) in [6.45, 7) is 1.89. The monoisotopic (exact) mass is 230 g/mol. The number of hydrogen-bond acceptors (Lipinski definition) is 4. The first kappa shape index (κ1) is 12.2. The Balaban J connectivity index is 2.83. The quantitative estimate of drug-likeness (QED) is 0.620. The SMILES string of the molecule is CCC(CS(=O)(=O)OO)c1ccccc1. The molecule has 0 bridgehead atoms. The minimum absolute atomic E-state index is 0.150. The van der Waals surface area contributed by atoms with Gasteiger partial charge in [-0.1, -0.05) is 37.3 Å². The molecule has 0 heterocycles. The van der Waals surface area contributed by atoms with Crippen LogP contribution in [0.15, 0.2) is 30.3 Å². The first-order valence-corrected chi connectivity index (χ1v) is 6.27. The van der Waals surface area contributed by atoms with Crippen LogP contribution >= 0.6 is 0 Å². The van der Waals surface area contributed by atoms with Gasteiger partial charge in [-0.3, -0.25) is 0 Å². The molecule has 1 unspecified atom stereocenters. The van der Waals surface area contributed by atoms with Crippen LogP contribution in [0.4, 0.5) is 0 Å². The van der Waals surface area contributed by atoms with Gasteiger partial charge in [-0.25, -0.2) is 5.26 Å². The third-order valence-corrected chi connectivity index (χ3v) is 3.32. The lowest BCUT2D eigenvalue weighted by molar-refractivity contribution is -0.130. The second-order valence-corrected chi connectivity index (χ2v) is 4.91. The predicted molar refractivity (Wildman–Crippen MR) is 57.0 cm³/mol. The number of rotatable bonds is 5. The molecule has 1 aromatic carbocycles. The smallest absolute Gasteiger partial charge is 0.235 e. The molecule has 1 rings (SSSR count). The molecule has 0 spiro atoms. The number of benzene rings is 1. The fraction of sp³-hybridized carbons (Fsp3) is 0.400. The van der Waals surface area contributed by atoms with E-state index >= 15 is 0 Å². The van der Waals surface area contributed by atoms with Gasteiger partial charge in [0.1, 0.15) is 0 Å². The second-order valence-electron chi connectivity index (χ2n) is 3.31. The molecule has 0 aliphatic rings. The minimum atomic E-state index is -3.82. The van der Waals surface area contributed by atoms with Gasteiger partial charge in [-0.05, 0) is 17.9 Å². The highest BCUT2D eigenvalue weighted by molar-refractivity contribution is 7.86. The van der Waals surface area contributed by atoms with Gasteiger partial charge in [0.15, 0.2) is 0 Å². The van der Waals surface area contributed by atoms with E-state index in [2.05, 4.69) is 4.33 Å². The zero-order chi connectivity index (χ0) is 11.3. The first-order chi connectivity index (χ1) is 7.09. The molecule has 4 nitrogen and oxygen atoms in total. The normalized spacial score (nSPS) is 13.7. The van der Waals surface area contributed by atoms with E-state index in [1.165, 1.54) is 0 Å². The second kappa shape index (κ2) is 5.25. The largest absolute Gasteiger partial charge is 0.293 e. The molecule has 1 atom stereocenters. The first-order valence-electron chi connectivity index (χ1n) is 4.69. The fourth-order valence-corrected chi connectivity index (χ4v) is 2.43. The van der Waals surface area contributed by atoms with Gasteiger partial charge in [0, 0.05) is 0 Å². The summed E-state index contributed by atoms with van der Waals surface area (Å²) in [5, 5.41) is 8.20. The lowest BCUT2D eigenvalue weighted by Crippen LogP contribution is -2.15. The molecule has 0 aromatic heterocycles. The van der Waals surface area contributed by atoms with E-state index in [0.717, 1.165) is 5.56 Å². The molecule has 0 aliphatic carbocycles. The van der Waals surface area contributed by atoms with Crippen LogP contribution in [0.25, 0.3) is 0 Å². The topological polar surface area (TPSA) is 63.6 Å². The zero-order valence-corrected chi connectivity index (χ0v) is 9.28. The molecule has 15 heavy (non-hydrogen) atoms. The van der Waals surface area contributed by atoms with E-state index in [9.17, 15) is 8.42 Å². The molecular formula is C10H14O4S. The van der Waals surface area contributed by atoms with Crippen molar-refractivity contribution in [3.8, 4) is 0 Å². The van der Waals surface area contributed by atoms with Crippen molar-refractivity contribution >= 4 is 10.1 Å². The molecule has 1 aromatic rings. The maximum absolute atomic E-state index is 11.1. The molecule has 0 saturated carbocycles. The molecule has 0 fully saturated rings. The Morgan fingerprint density at radius 2 is 1.93 bits per heavy atom. The van der Waals surface area contributed by atoms with Crippen molar-refractivity contribution in [3.63, 3.8) is 0 Å². The third-order valence-electron chi connectivity index (χ3n) is 2.28. The predicted octanol–water partition coefficient (Wildman–Crippen LogP) is 2.00. The summed E-state index contributed by atoms with van der Waals surface area (Å²) in [5.74, 6) is -0.354. The van der Waals surface area contributed by atoms with Crippen molar-refractivity contribution in [2.75, 3.05) is 5.75 Å². The van der Waals surface area contributed by atoms with Gasteiger partial charge in [-0.15, -0.1) is 4.33 Å². The van der Waals surface area contributed by atoms with Crippen LogP contribution in [0, 0.1) is 0 Å². The van der Waals surface area contributed by atoms with Crippen LogP contribution in [0.3, 0.4) is 0 Å². The molecular weight excluding hydrogens is 216 g/mol. The van der Waals surface area contributed by atoms with Crippen LogP contribution < -0.4 is 0 Å². The molecule has 1 N–H and O–H groups in total. The Hall–Kier alpha value is -0.910. The lowest BCUT2D eigenvalue weighted by atomic mass is 9.99. The third kappa shape index (κ3) is 3.62. The van der Waals surface area contributed by atoms with E-state index < -0.39 is 10.1 Å². The van der Waals surface area contributed by atoms with Crippen molar-refractivity contribution < 1.29 is 18.0 Å². The minimum Gasteiger partial charge on any atom is -0.235 e. The Morgan fingerprint density at radius 3 is 2.40 bits per heavy atom. The van der Waals surface area contributed by atoms with Crippen molar-refractivity contribution in [2.45, 2.75) is 19.3 Å². The Morgan fingerprint density at radius 1 is 1.33 bits per heavy atom. The fourth-order valence-electron chi connectivity index (χ4n) is 1.45. The summed E-state index contributed by atoms with van der Waals surface area (Å²) < 4.78 is 25.6. The van der Waals surface area contributed by atoms with Crippen LogP contribution in [-0.2, 0) is 14.5 Å². The Labute approximate surface area is 89.6 Å². The van der Waals surface area contributed by atoms with Gasteiger partial charge < -0.3 is 0 Å². The van der Waals surface area contributed by atoms with Gasteiger partial charge in [0.05, 0.1) is 5.75 Å². The van der Waals surface area contributed by atoms with Crippen LogP contribution in [0.1, 0.15) is 24.8 Å². The summed E-state index contributed by atoms with van der Waals surface area (Å²) in [4.78, 5) is 0. The van der Waals surface area contributed by atoms with Crippen LogP contribution in [-0.4, -0.2) is 19.4 Å². The highest BCUT2D eigenvalue weighted by atomic mass is 32.2. The summed E-state index contributed by atoms with van der Waals surface area (Å²) in [6.07, 6.45) is 0.673. The van der Waals surface area contributed by atoms with Gasteiger partial charge in [0.2, 0.25) is 0 Å². The van der Waals surface area contributed by atoms with Crippen LogP contribution in [0.5, 0.6) is 0 Å². The molecule has 0 amide bonds. The molecule has 0 radical (unpaired) electrons. The zero-order valence-electron chi connectivity index (χ0n) is 8.46. The van der Waals surface area contributed by atoms with E-state index in [4.69, 9.17) is 5.26 Å².